The van der Waals surface area contributed by atoms with Crippen molar-refractivity contribution in [2.75, 3.05) is 6.54 Å². The Morgan fingerprint density at radius 3 is 1.68 bits per heavy atom. The van der Waals surface area contributed by atoms with Crippen molar-refractivity contribution in [3.8, 4) is 0 Å². The van der Waals surface area contributed by atoms with Crippen molar-refractivity contribution in [2.45, 2.75) is 93.9 Å². The molecule has 0 spiro atoms. The third kappa shape index (κ3) is 7.48. The predicted octanol–water partition coefficient (Wildman–Crippen LogP) is 5.54. The second-order valence-electron chi connectivity index (χ2n) is 12.3. The maximum atomic E-state index is 12.1. The van der Waals surface area contributed by atoms with Crippen LogP contribution in [0.25, 0.3) is 30.4 Å². The lowest BCUT2D eigenvalue weighted by Crippen LogP contribution is -2.14. The van der Waals surface area contributed by atoms with Gasteiger partial charge in [0.15, 0.2) is 0 Å². The topological polar surface area (TPSA) is 134 Å². The first-order chi connectivity index (χ1) is 22.5. The fourth-order valence-corrected chi connectivity index (χ4v) is 6.49. The number of hydrogen-bond donors (Lipinski definition) is 5. The van der Waals surface area contributed by atoms with Gasteiger partial charge in [0, 0.05) is 62.6 Å². The number of rotatable bonds is 11. The fraction of sp³-hybridized carbons (Fsp3) is 0.385. The zero-order valence-corrected chi connectivity index (χ0v) is 29.3. The van der Waals surface area contributed by atoms with E-state index in [4.69, 9.17) is 5.53 Å². The van der Waals surface area contributed by atoms with E-state index in [1.165, 1.54) is 5.56 Å². The minimum Gasteiger partial charge on any atom is -0.355 e. The largest absolute Gasteiger partial charge is 0.355 e. The molecule has 0 aromatic carbocycles. The van der Waals surface area contributed by atoms with Crippen molar-refractivity contribution in [2.24, 2.45) is 5.11 Å². The maximum Gasteiger partial charge on any atom is 0.130 e. The lowest BCUT2D eigenvalue weighted by atomic mass is 10.0. The highest BCUT2D eigenvalue weighted by molar-refractivity contribution is 5.77. The zero-order chi connectivity index (χ0) is 34.4. The van der Waals surface area contributed by atoms with Gasteiger partial charge in [-0.1, -0.05) is 26.5 Å². The summed E-state index contributed by atoms with van der Waals surface area (Å²) in [6, 6.07) is 0. The van der Waals surface area contributed by atoms with E-state index in [9.17, 15) is 9.59 Å². The molecule has 0 radical (unpaired) electrons. The third-order valence-electron chi connectivity index (χ3n) is 9.23. The minimum atomic E-state index is 0.156. The van der Waals surface area contributed by atoms with Crippen LogP contribution in [-0.4, -0.2) is 38.0 Å². The van der Waals surface area contributed by atoms with Crippen LogP contribution in [0.2, 0.25) is 0 Å². The van der Waals surface area contributed by atoms with Gasteiger partial charge in [0.1, 0.15) is 11.6 Å². The molecule has 8 heteroatoms. The average molecular weight is 635 g/mol. The first kappa shape index (κ1) is 35.1. The van der Waals surface area contributed by atoms with Crippen molar-refractivity contribution in [1.82, 2.24) is 19.9 Å². The van der Waals surface area contributed by atoms with Crippen molar-refractivity contribution < 1.29 is 9.59 Å². The van der Waals surface area contributed by atoms with Gasteiger partial charge in [0.25, 0.3) is 0 Å². The standard InChI is InChI=1S/C37H44N6O2.C2H6/c1-8-26-22(4)32-18-35-27(10-9-15-39-38)23(5)30(41-35)16-31-24(6)28(13-11-20(2)44)36(42-31)19-37-29(14-12-21(3)45)25(7)33(43-37)17-34(26)40-32;1-2/h8,16-19,38,40-43H,1,9-15H2,2-7H3;1-2H3. The number of carbonyl (C=O) groups excluding carboxylic acids is 2. The van der Waals surface area contributed by atoms with Crippen LogP contribution in [-0.2, 0) is 28.9 Å². The Hall–Kier alpha value is -4.72. The van der Waals surface area contributed by atoms with Gasteiger partial charge in [0.05, 0.1) is 6.54 Å². The summed E-state index contributed by atoms with van der Waals surface area (Å²) in [5.41, 5.74) is 20.2. The highest BCUT2D eigenvalue weighted by atomic mass is 16.1. The molecule has 5 N–H and O–H groups in total. The zero-order valence-electron chi connectivity index (χ0n) is 29.3. The number of nitrogens with one attached hydrogen (secondary N) is 5. The Kier molecular flexibility index (Phi) is 11.4. The quantitative estimate of drug-likeness (QED) is 0.0965. The van der Waals surface area contributed by atoms with E-state index in [1.54, 1.807) is 13.8 Å². The van der Waals surface area contributed by atoms with Crippen LogP contribution >= 0.6 is 0 Å². The summed E-state index contributed by atoms with van der Waals surface area (Å²) < 4.78 is 0. The molecule has 0 saturated heterocycles. The van der Waals surface area contributed by atoms with Crippen LogP contribution in [0.1, 0.15) is 114 Å². The number of Topliss-reactive ketones (excluding diaryl/α,β-unsaturated/α-hetero) is 2. The second kappa shape index (κ2) is 15.2. The van der Waals surface area contributed by atoms with Gasteiger partial charge >= 0.3 is 0 Å². The summed E-state index contributed by atoms with van der Waals surface area (Å²) in [5, 5.41) is 7.56. The molecule has 47 heavy (non-hydrogen) atoms. The van der Waals surface area contributed by atoms with E-state index >= 15 is 0 Å². The van der Waals surface area contributed by atoms with E-state index in [2.05, 4.69) is 83.6 Å². The summed E-state index contributed by atoms with van der Waals surface area (Å²) in [6.07, 6.45) is 14.3. The highest BCUT2D eigenvalue weighted by Gasteiger charge is 2.17. The maximum absolute atomic E-state index is 12.1. The summed E-state index contributed by atoms with van der Waals surface area (Å²) in [5.74, 6) is 0.311. The SMILES string of the molecule is C=Cc1c2[nH]c(c1C)C=c1[nH]c(c(C)c1CCCN=N)=Cc1[nH]c(c(CCC(C)=O)c1C)C=c1[nH]c(c(C)c1CCC(C)=O)=C2.CC. The van der Waals surface area contributed by atoms with E-state index in [1.807, 2.05) is 19.9 Å². The monoisotopic (exact) mass is 634 g/mol. The highest BCUT2D eigenvalue weighted by Crippen LogP contribution is 2.24. The summed E-state index contributed by atoms with van der Waals surface area (Å²) in [4.78, 5) is 38.8. The molecule has 0 aliphatic carbocycles. The number of H-pyrrole nitrogens is 4. The third-order valence-corrected chi connectivity index (χ3v) is 9.23. The second-order valence-corrected chi connectivity index (χ2v) is 12.3. The van der Waals surface area contributed by atoms with Crippen molar-refractivity contribution in [3.05, 3.63) is 95.3 Å². The van der Waals surface area contributed by atoms with Crippen LogP contribution in [0.3, 0.4) is 0 Å². The van der Waals surface area contributed by atoms with Crippen molar-refractivity contribution in [3.63, 3.8) is 0 Å². The van der Waals surface area contributed by atoms with Crippen molar-refractivity contribution in [1.29, 1.82) is 5.53 Å². The Bertz CT molecular complexity index is 2080. The van der Waals surface area contributed by atoms with E-state index in [0.29, 0.717) is 32.2 Å². The normalized spacial score (nSPS) is 11.7. The van der Waals surface area contributed by atoms with Gasteiger partial charge < -0.3 is 29.5 Å². The fourth-order valence-electron chi connectivity index (χ4n) is 6.49. The van der Waals surface area contributed by atoms with Gasteiger partial charge in [-0.15, -0.1) is 0 Å². The average Bonchev–Trinajstić information content (AvgIpc) is 3.69. The predicted molar refractivity (Wildman–Crippen MR) is 193 cm³/mol. The Balaban J connectivity index is 0.00000245. The van der Waals surface area contributed by atoms with E-state index in [-0.39, 0.29) is 11.6 Å². The van der Waals surface area contributed by atoms with Gasteiger partial charge in [0.2, 0.25) is 0 Å². The van der Waals surface area contributed by atoms with E-state index < -0.39 is 0 Å². The molecule has 4 aromatic rings. The molecule has 1 aliphatic rings. The molecule has 5 heterocycles. The van der Waals surface area contributed by atoms with Crippen LogP contribution < -0.4 is 21.4 Å². The summed E-state index contributed by atoms with van der Waals surface area (Å²) in [6.45, 7) is 20.4. The molecule has 0 fully saturated rings. The lowest BCUT2D eigenvalue weighted by molar-refractivity contribution is -0.117. The Labute approximate surface area is 277 Å². The van der Waals surface area contributed by atoms with Crippen LogP contribution in [0.15, 0.2) is 11.7 Å². The number of carbonyl (C=O) groups is 2. The number of nitrogens with zero attached hydrogens (tertiary/aromatic N) is 1. The molecule has 5 rings (SSSR count). The minimum absolute atomic E-state index is 0.156. The van der Waals surface area contributed by atoms with Gasteiger partial charge in [-0.25, -0.2) is 5.53 Å². The number of aromatic nitrogens is 4. The van der Waals surface area contributed by atoms with Gasteiger partial charge in [-0.05, 0) is 130 Å². The number of hydrogen-bond acceptors (Lipinski definition) is 4. The summed E-state index contributed by atoms with van der Waals surface area (Å²) in [7, 11) is 0. The molecule has 1 aliphatic heterocycles. The molecule has 0 atom stereocenters. The van der Waals surface area contributed by atoms with Crippen LogP contribution in [0.5, 0.6) is 0 Å². The molecule has 8 bridgehead atoms. The van der Waals surface area contributed by atoms with Crippen LogP contribution in [0.4, 0.5) is 0 Å². The molecule has 0 amide bonds. The molecule has 8 nitrogen and oxygen atoms in total. The molecule has 4 aromatic heterocycles. The van der Waals surface area contributed by atoms with Crippen LogP contribution in [0, 0.1) is 33.2 Å². The first-order valence-electron chi connectivity index (χ1n) is 16.7. The smallest absolute Gasteiger partial charge is 0.130 e. The molecule has 248 valence electrons. The lowest BCUT2D eigenvalue weighted by Gasteiger charge is -2.02. The number of aromatic amines is 4. The first-order valence-corrected chi connectivity index (χ1v) is 16.7. The van der Waals surface area contributed by atoms with Crippen molar-refractivity contribution >= 4 is 41.9 Å². The Morgan fingerprint density at radius 2 is 1.13 bits per heavy atom. The van der Waals surface area contributed by atoms with Gasteiger partial charge in [-0.2, -0.15) is 5.11 Å². The molecular weight excluding hydrogens is 584 g/mol. The van der Waals surface area contributed by atoms with E-state index in [0.717, 1.165) is 96.0 Å². The molecular formula is C39H50N6O2. The molecule has 0 unspecified atom stereocenters. The number of ketones is 2. The Morgan fingerprint density at radius 1 is 0.660 bits per heavy atom. The van der Waals surface area contributed by atoms with Gasteiger partial charge in [-0.3, -0.25) is 0 Å². The number of fused-ring (bicyclic) bond motifs is 8. The summed E-state index contributed by atoms with van der Waals surface area (Å²) >= 11 is 0. The molecule has 0 saturated carbocycles.